The monoisotopic (exact) mass is 435 g/mol. The van der Waals surface area contributed by atoms with Crippen LogP contribution in [0.5, 0.6) is 0 Å². The molecule has 0 saturated carbocycles. The van der Waals surface area contributed by atoms with Crippen molar-refractivity contribution in [3.63, 3.8) is 0 Å². The van der Waals surface area contributed by atoms with E-state index in [4.69, 9.17) is 4.52 Å². The summed E-state index contributed by atoms with van der Waals surface area (Å²) in [4.78, 5) is 13.8. The van der Waals surface area contributed by atoms with Gasteiger partial charge in [-0.2, -0.15) is 0 Å². The van der Waals surface area contributed by atoms with Crippen LogP contribution >= 0.6 is 11.8 Å². The molecule has 1 fully saturated rings. The highest BCUT2D eigenvalue weighted by Gasteiger charge is 2.28. The number of amides is 1. The zero-order valence-corrected chi connectivity index (χ0v) is 18.4. The Hall–Kier alpha value is -2.57. The third-order valence-electron chi connectivity index (χ3n) is 5.75. The number of benzene rings is 2. The largest absolute Gasteiger partial charge is 0.360 e. The van der Waals surface area contributed by atoms with Crippen LogP contribution in [-0.4, -0.2) is 24.2 Å². The number of nitrogens with one attached hydrogen (secondary N) is 2. The SMILES string of the molecule is O=C(CC1CCNCC1Cc1cc(CSc2ccccc2)on1)NCc1ccccc1. The van der Waals surface area contributed by atoms with E-state index in [2.05, 4.69) is 34.0 Å². The molecule has 1 amide bonds. The van der Waals surface area contributed by atoms with Crippen LogP contribution in [0.3, 0.4) is 0 Å². The number of hydrogen-bond donors (Lipinski definition) is 2. The molecular weight excluding hydrogens is 406 g/mol. The first-order valence-corrected chi connectivity index (χ1v) is 11.9. The van der Waals surface area contributed by atoms with Crippen LogP contribution in [0.25, 0.3) is 0 Å². The minimum absolute atomic E-state index is 0.126. The zero-order chi connectivity index (χ0) is 21.3. The fourth-order valence-electron chi connectivity index (χ4n) is 4.05. The van der Waals surface area contributed by atoms with Crippen molar-refractivity contribution in [3.8, 4) is 0 Å². The van der Waals surface area contributed by atoms with Gasteiger partial charge < -0.3 is 15.2 Å². The Bertz CT molecular complexity index is 946. The maximum atomic E-state index is 12.5. The van der Waals surface area contributed by atoms with E-state index in [1.165, 1.54) is 4.90 Å². The van der Waals surface area contributed by atoms with E-state index in [1.807, 2.05) is 48.5 Å². The maximum absolute atomic E-state index is 12.5. The van der Waals surface area contributed by atoms with E-state index in [1.54, 1.807) is 11.8 Å². The highest BCUT2D eigenvalue weighted by atomic mass is 32.2. The second-order valence-electron chi connectivity index (χ2n) is 8.07. The predicted octanol–water partition coefficient (Wildman–Crippen LogP) is 4.44. The van der Waals surface area contributed by atoms with Crippen LogP contribution in [0.1, 0.15) is 29.9 Å². The molecular formula is C25H29N3O2S. The molecule has 1 aliphatic rings. The summed E-state index contributed by atoms with van der Waals surface area (Å²) in [5.74, 6) is 2.53. The van der Waals surface area contributed by atoms with Crippen molar-refractivity contribution in [3.05, 3.63) is 83.7 Å². The number of carbonyl (C=O) groups is 1. The fourth-order valence-corrected chi connectivity index (χ4v) is 4.85. The molecule has 1 aromatic heterocycles. The van der Waals surface area contributed by atoms with E-state index in [0.717, 1.165) is 48.7 Å². The van der Waals surface area contributed by atoms with Gasteiger partial charge in [0.05, 0.1) is 11.4 Å². The number of thioether (sulfide) groups is 1. The van der Waals surface area contributed by atoms with E-state index >= 15 is 0 Å². The summed E-state index contributed by atoms with van der Waals surface area (Å²) in [6, 6.07) is 22.4. The van der Waals surface area contributed by atoms with Gasteiger partial charge in [-0.15, -0.1) is 11.8 Å². The lowest BCUT2D eigenvalue weighted by Crippen LogP contribution is -2.40. The van der Waals surface area contributed by atoms with E-state index < -0.39 is 0 Å². The van der Waals surface area contributed by atoms with Gasteiger partial charge in [-0.1, -0.05) is 53.7 Å². The Kier molecular flexibility index (Phi) is 7.80. The number of piperidine rings is 1. The van der Waals surface area contributed by atoms with Gasteiger partial charge >= 0.3 is 0 Å². The van der Waals surface area contributed by atoms with Crippen molar-refractivity contribution in [2.45, 2.75) is 36.5 Å². The molecule has 1 saturated heterocycles. The fraction of sp³-hybridized carbons (Fsp3) is 0.360. The number of nitrogens with zero attached hydrogens (tertiary/aromatic N) is 1. The average Bonchev–Trinajstić information content (AvgIpc) is 3.26. The number of rotatable bonds is 9. The molecule has 6 heteroatoms. The topological polar surface area (TPSA) is 67.2 Å². The number of hydrogen-bond acceptors (Lipinski definition) is 5. The van der Waals surface area contributed by atoms with Gasteiger partial charge in [0.2, 0.25) is 5.91 Å². The smallest absolute Gasteiger partial charge is 0.220 e. The maximum Gasteiger partial charge on any atom is 0.220 e. The van der Waals surface area contributed by atoms with Crippen molar-refractivity contribution in [1.82, 2.24) is 15.8 Å². The van der Waals surface area contributed by atoms with Gasteiger partial charge in [-0.05, 0) is 55.5 Å². The van der Waals surface area contributed by atoms with Crippen molar-refractivity contribution < 1.29 is 9.32 Å². The Morgan fingerprint density at radius 2 is 1.87 bits per heavy atom. The van der Waals surface area contributed by atoms with Crippen LogP contribution in [-0.2, 0) is 23.5 Å². The van der Waals surface area contributed by atoms with Crippen LogP contribution in [0, 0.1) is 11.8 Å². The van der Waals surface area contributed by atoms with Crippen molar-refractivity contribution in [1.29, 1.82) is 0 Å². The summed E-state index contributed by atoms with van der Waals surface area (Å²) in [6.45, 7) is 2.46. The Balaban J connectivity index is 1.27. The van der Waals surface area contributed by atoms with Crippen LogP contribution in [0.4, 0.5) is 0 Å². The van der Waals surface area contributed by atoms with E-state index in [0.29, 0.717) is 24.8 Å². The molecule has 0 bridgehead atoms. The first-order valence-electron chi connectivity index (χ1n) is 10.9. The highest BCUT2D eigenvalue weighted by Crippen LogP contribution is 2.27. The third kappa shape index (κ3) is 6.71. The first kappa shape index (κ1) is 21.7. The summed E-state index contributed by atoms with van der Waals surface area (Å²) >= 11 is 1.75. The Morgan fingerprint density at radius 1 is 1.10 bits per heavy atom. The summed E-state index contributed by atoms with van der Waals surface area (Å²) < 4.78 is 5.56. The van der Waals surface area contributed by atoms with Gasteiger partial charge in [0.15, 0.2) is 0 Å². The molecule has 2 unspecified atom stereocenters. The summed E-state index contributed by atoms with van der Waals surface area (Å²) in [6.07, 6.45) is 2.41. The van der Waals surface area contributed by atoms with Gasteiger partial charge in [0.1, 0.15) is 5.76 Å². The van der Waals surface area contributed by atoms with Crippen molar-refractivity contribution in [2.24, 2.45) is 11.8 Å². The molecule has 162 valence electrons. The second kappa shape index (κ2) is 11.2. The zero-order valence-electron chi connectivity index (χ0n) is 17.6. The van der Waals surface area contributed by atoms with Crippen LogP contribution in [0.2, 0.25) is 0 Å². The lowest BCUT2D eigenvalue weighted by Gasteiger charge is -2.31. The second-order valence-corrected chi connectivity index (χ2v) is 9.12. The lowest BCUT2D eigenvalue weighted by molar-refractivity contribution is -0.122. The van der Waals surface area contributed by atoms with Gasteiger partial charge in [0, 0.05) is 23.9 Å². The lowest BCUT2D eigenvalue weighted by atomic mass is 9.81. The third-order valence-corrected chi connectivity index (χ3v) is 6.78. The average molecular weight is 436 g/mol. The molecule has 5 nitrogen and oxygen atoms in total. The van der Waals surface area contributed by atoms with Crippen LogP contribution in [0.15, 0.2) is 76.1 Å². The minimum Gasteiger partial charge on any atom is -0.360 e. The molecule has 0 spiro atoms. The molecule has 0 radical (unpaired) electrons. The number of carbonyl (C=O) groups excluding carboxylic acids is 1. The van der Waals surface area contributed by atoms with E-state index in [-0.39, 0.29) is 5.91 Å². The molecule has 2 atom stereocenters. The van der Waals surface area contributed by atoms with Crippen LogP contribution < -0.4 is 10.6 Å². The summed E-state index contributed by atoms with van der Waals surface area (Å²) in [5, 5.41) is 10.8. The van der Waals surface area contributed by atoms with E-state index in [9.17, 15) is 4.79 Å². The molecule has 3 aromatic rings. The molecule has 2 heterocycles. The van der Waals surface area contributed by atoms with Gasteiger partial charge in [-0.25, -0.2) is 0 Å². The standard InChI is InChI=1S/C25H29N3O2S/c29-25(27-16-19-7-3-1-4-8-19)14-20-11-12-26-17-21(20)13-22-15-23(30-28-22)18-31-24-9-5-2-6-10-24/h1-10,15,20-21,26H,11-14,16-18H2,(H,27,29). The summed E-state index contributed by atoms with van der Waals surface area (Å²) in [5.41, 5.74) is 2.10. The highest BCUT2D eigenvalue weighted by molar-refractivity contribution is 7.98. The molecule has 4 rings (SSSR count). The summed E-state index contributed by atoms with van der Waals surface area (Å²) in [7, 11) is 0. The predicted molar refractivity (Wildman–Crippen MR) is 124 cm³/mol. The Labute approximate surface area is 188 Å². The van der Waals surface area contributed by atoms with Crippen molar-refractivity contribution in [2.75, 3.05) is 13.1 Å². The van der Waals surface area contributed by atoms with Gasteiger partial charge in [0.25, 0.3) is 0 Å². The normalized spacial score (nSPS) is 18.6. The molecule has 31 heavy (non-hydrogen) atoms. The molecule has 2 N–H and O–H groups in total. The molecule has 0 aliphatic carbocycles. The Morgan fingerprint density at radius 3 is 2.68 bits per heavy atom. The van der Waals surface area contributed by atoms with Gasteiger partial charge in [-0.3, -0.25) is 4.79 Å². The molecule has 1 aliphatic heterocycles. The van der Waals surface area contributed by atoms with Crippen molar-refractivity contribution >= 4 is 17.7 Å². The molecule has 2 aromatic carbocycles. The number of aromatic nitrogens is 1. The first-order chi connectivity index (χ1) is 15.3. The minimum atomic E-state index is 0.126. The quantitative estimate of drug-likeness (QED) is 0.487.